The van der Waals surface area contributed by atoms with Gasteiger partial charge in [0.05, 0.1) is 11.1 Å². The monoisotopic (exact) mass is 334 g/mol. The van der Waals surface area contributed by atoms with Crippen LogP contribution in [0.2, 0.25) is 0 Å². The third kappa shape index (κ3) is 2.89. The lowest BCUT2D eigenvalue weighted by Gasteiger charge is -2.19. The summed E-state index contributed by atoms with van der Waals surface area (Å²) in [6.07, 6.45) is 13.9. The molecular formula is C19H14N2O4. The van der Waals surface area contributed by atoms with Crippen LogP contribution in [0.15, 0.2) is 66.6 Å². The molecule has 1 aliphatic heterocycles. The van der Waals surface area contributed by atoms with E-state index in [4.69, 9.17) is 9.47 Å². The third-order valence-electron chi connectivity index (χ3n) is 3.99. The molecule has 2 aliphatic rings. The average molecular weight is 334 g/mol. The van der Waals surface area contributed by atoms with Gasteiger partial charge < -0.3 is 14.6 Å². The summed E-state index contributed by atoms with van der Waals surface area (Å²) >= 11 is 0. The number of carboxylic acids is 1. The quantitative estimate of drug-likeness (QED) is 0.919. The van der Waals surface area contributed by atoms with Crippen LogP contribution in [0.25, 0.3) is 16.7 Å². The van der Waals surface area contributed by atoms with Gasteiger partial charge in [-0.2, -0.15) is 0 Å². The number of ether oxygens (including phenoxy) is 2. The zero-order valence-electron chi connectivity index (χ0n) is 13.2. The molecule has 1 aliphatic carbocycles. The summed E-state index contributed by atoms with van der Waals surface area (Å²) < 4.78 is 11.3. The van der Waals surface area contributed by atoms with Crippen molar-refractivity contribution in [3.05, 3.63) is 77.9 Å². The Morgan fingerprint density at radius 3 is 2.92 bits per heavy atom. The third-order valence-corrected chi connectivity index (χ3v) is 3.99. The molecule has 0 aromatic carbocycles. The molecule has 0 saturated heterocycles. The minimum Gasteiger partial charge on any atom is -0.478 e. The second-order valence-corrected chi connectivity index (χ2v) is 5.61. The SMILES string of the molecule is O=C(O)c1cc(C2=COC=C(C3=CC=CCC3)O2)nc2ccncc12. The van der Waals surface area contributed by atoms with Gasteiger partial charge in [-0.25, -0.2) is 9.78 Å². The molecule has 6 heteroatoms. The largest absolute Gasteiger partial charge is 0.478 e. The molecule has 3 heterocycles. The normalized spacial score (nSPS) is 16.4. The van der Waals surface area contributed by atoms with E-state index in [2.05, 4.69) is 16.0 Å². The summed E-state index contributed by atoms with van der Waals surface area (Å²) in [4.78, 5) is 20.0. The maximum Gasteiger partial charge on any atom is 0.336 e. The fraction of sp³-hybridized carbons (Fsp3) is 0.105. The molecule has 0 amide bonds. The number of aromatic carboxylic acids is 1. The fourth-order valence-corrected chi connectivity index (χ4v) is 2.76. The first-order chi connectivity index (χ1) is 12.2. The van der Waals surface area contributed by atoms with Crippen LogP contribution < -0.4 is 0 Å². The Morgan fingerprint density at radius 2 is 2.12 bits per heavy atom. The van der Waals surface area contributed by atoms with Crippen molar-refractivity contribution in [3.8, 4) is 0 Å². The molecule has 0 atom stereocenters. The van der Waals surface area contributed by atoms with E-state index in [0.717, 1.165) is 18.4 Å². The lowest BCUT2D eigenvalue weighted by molar-refractivity contribution is 0.0699. The van der Waals surface area contributed by atoms with Crippen LogP contribution in [0.3, 0.4) is 0 Å². The van der Waals surface area contributed by atoms with Gasteiger partial charge in [0.25, 0.3) is 0 Å². The highest BCUT2D eigenvalue weighted by Gasteiger charge is 2.20. The first-order valence-corrected chi connectivity index (χ1v) is 7.80. The van der Waals surface area contributed by atoms with Crippen LogP contribution in [0.5, 0.6) is 0 Å². The van der Waals surface area contributed by atoms with E-state index < -0.39 is 5.97 Å². The zero-order valence-corrected chi connectivity index (χ0v) is 13.2. The van der Waals surface area contributed by atoms with Gasteiger partial charge in [0.2, 0.25) is 0 Å². The Labute approximate surface area is 143 Å². The molecule has 2 aromatic heterocycles. The van der Waals surface area contributed by atoms with E-state index in [0.29, 0.717) is 28.1 Å². The number of rotatable bonds is 3. The molecule has 1 N–H and O–H groups in total. The Morgan fingerprint density at radius 1 is 1.24 bits per heavy atom. The first kappa shape index (κ1) is 15.1. The number of fused-ring (bicyclic) bond motifs is 1. The number of carboxylic acid groups (broad SMARTS) is 1. The van der Waals surface area contributed by atoms with Crippen molar-refractivity contribution in [1.82, 2.24) is 9.97 Å². The van der Waals surface area contributed by atoms with Crippen molar-refractivity contribution < 1.29 is 19.4 Å². The first-order valence-electron chi connectivity index (χ1n) is 7.80. The lowest BCUT2D eigenvalue weighted by atomic mass is 10.0. The van der Waals surface area contributed by atoms with Gasteiger partial charge in [-0.05, 0) is 30.5 Å². The zero-order chi connectivity index (χ0) is 17.2. The molecule has 0 bridgehead atoms. The Kier molecular flexibility index (Phi) is 3.78. The number of pyridine rings is 2. The van der Waals surface area contributed by atoms with Gasteiger partial charge in [-0.3, -0.25) is 4.98 Å². The van der Waals surface area contributed by atoms with Crippen LogP contribution >= 0.6 is 0 Å². The number of hydrogen-bond acceptors (Lipinski definition) is 5. The Balaban J connectivity index is 1.72. The van der Waals surface area contributed by atoms with Gasteiger partial charge in [-0.1, -0.05) is 18.2 Å². The summed E-state index contributed by atoms with van der Waals surface area (Å²) in [5.74, 6) is -0.0700. The van der Waals surface area contributed by atoms with Crippen molar-refractivity contribution in [2.24, 2.45) is 0 Å². The second-order valence-electron chi connectivity index (χ2n) is 5.61. The van der Waals surface area contributed by atoms with Crippen molar-refractivity contribution in [2.75, 3.05) is 0 Å². The molecule has 4 rings (SSSR count). The average Bonchev–Trinajstić information content (AvgIpc) is 2.68. The molecule has 25 heavy (non-hydrogen) atoms. The fourth-order valence-electron chi connectivity index (χ4n) is 2.76. The van der Waals surface area contributed by atoms with E-state index in [1.165, 1.54) is 24.8 Å². The summed E-state index contributed by atoms with van der Waals surface area (Å²) in [5, 5.41) is 9.96. The van der Waals surface area contributed by atoms with Crippen LogP contribution in [0, 0.1) is 0 Å². The minimum absolute atomic E-state index is 0.119. The van der Waals surface area contributed by atoms with Crippen LogP contribution in [0.1, 0.15) is 28.9 Å². The predicted molar refractivity (Wildman–Crippen MR) is 91.2 cm³/mol. The highest BCUT2D eigenvalue weighted by molar-refractivity contribution is 6.02. The lowest BCUT2D eigenvalue weighted by Crippen LogP contribution is -2.07. The van der Waals surface area contributed by atoms with Crippen molar-refractivity contribution in [1.29, 1.82) is 0 Å². The smallest absolute Gasteiger partial charge is 0.336 e. The van der Waals surface area contributed by atoms with E-state index in [9.17, 15) is 9.90 Å². The van der Waals surface area contributed by atoms with Gasteiger partial charge in [0, 0.05) is 17.8 Å². The number of hydrogen-bond donors (Lipinski definition) is 1. The van der Waals surface area contributed by atoms with Crippen LogP contribution in [-0.4, -0.2) is 21.0 Å². The molecule has 0 radical (unpaired) electrons. The highest BCUT2D eigenvalue weighted by Crippen LogP contribution is 2.31. The molecule has 2 aromatic rings. The standard InChI is InChI=1S/C19H14N2O4/c22-19(23)13-8-16(21-15-6-7-20-9-14(13)15)18-11-24-10-17(25-18)12-4-2-1-3-5-12/h1-2,4,6-11H,3,5H2,(H,22,23). The molecule has 0 unspecified atom stereocenters. The number of aromatic nitrogens is 2. The molecule has 0 spiro atoms. The van der Waals surface area contributed by atoms with Crippen molar-refractivity contribution in [3.63, 3.8) is 0 Å². The summed E-state index contributed by atoms with van der Waals surface area (Å²) in [6.45, 7) is 0. The topological polar surface area (TPSA) is 81.5 Å². The maximum atomic E-state index is 11.6. The minimum atomic E-state index is -1.05. The van der Waals surface area contributed by atoms with E-state index in [-0.39, 0.29) is 5.56 Å². The highest BCUT2D eigenvalue weighted by atomic mass is 16.5. The Bertz CT molecular complexity index is 986. The predicted octanol–water partition coefficient (Wildman–Crippen LogP) is 3.79. The molecule has 124 valence electrons. The van der Waals surface area contributed by atoms with Gasteiger partial charge in [-0.15, -0.1) is 0 Å². The summed E-state index contributed by atoms with van der Waals surface area (Å²) in [7, 11) is 0. The number of nitrogens with zero attached hydrogens (tertiary/aromatic N) is 2. The second kappa shape index (κ2) is 6.24. The van der Waals surface area contributed by atoms with Gasteiger partial charge in [0.15, 0.2) is 11.5 Å². The summed E-state index contributed by atoms with van der Waals surface area (Å²) in [5.41, 5.74) is 2.07. The maximum absolute atomic E-state index is 11.6. The Hall–Kier alpha value is -3.41. The molecular weight excluding hydrogens is 320 g/mol. The van der Waals surface area contributed by atoms with Crippen molar-refractivity contribution in [2.45, 2.75) is 12.8 Å². The molecule has 6 nitrogen and oxygen atoms in total. The molecule has 0 fully saturated rings. The number of carbonyl (C=O) groups is 1. The van der Waals surface area contributed by atoms with Crippen molar-refractivity contribution >= 4 is 22.6 Å². The van der Waals surface area contributed by atoms with E-state index in [1.54, 1.807) is 12.3 Å². The molecule has 0 saturated carbocycles. The van der Waals surface area contributed by atoms with E-state index in [1.807, 2.05) is 12.2 Å². The van der Waals surface area contributed by atoms with Gasteiger partial charge in [0.1, 0.15) is 18.2 Å². The summed E-state index contributed by atoms with van der Waals surface area (Å²) in [6, 6.07) is 3.14. The van der Waals surface area contributed by atoms with Crippen LogP contribution in [0.4, 0.5) is 0 Å². The van der Waals surface area contributed by atoms with E-state index >= 15 is 0 Å². The van der Waals surface area contributed by atoms with Crippen LogP contribution in [-0.2, 0) is 9.47 Å². The van der Waals surface area contributed by atoms with Gasteiger partial charge >= 0.3 is 5.97 Å². The number of allylic oxidation sites excluding steroid dienone is 4.